The van der Waals surface area contributed by atoms with E-state index in [9.17, 15) is 9.59 Å². The Balaban J connectivity index is 1.74. The topological polar surface area (TPSA) is 79.8 Å². The van der Waals surface area contributed by atoms with Crippen LogP contribution >= 0.6 is 11.6 Å². The molecule has 2 aromatic rings. The van der Waals surface area contributed by atoms with E-state index in [0.717, 1.165) is 18.4 Å². The number of unbranched alkanes of at least 4 members (excludes halogenated alkanes) is 1. The van der Waals surface area contributed by atoms with Crippen LogP contribution in [-0.2, 0) is 4.79 Å². The lowest BCUT2D eigenvalue weighted by Gasteiger charge is -2.07. The number of carbonyl (C=O) groups excluding carboxylic acids is 2. The van der Waals surface area contributed by atoms with E-state index >= 15 is 0 Å². The van der Waals surface area contributed by atoms with Crippen LogP contribution < -0.4 is 15.5 Å². The third-order valence-electron chi connectivity index (χ3n) is 3.57. The number of halogens is 1. The van der Waals surface area contributed by atoms with Gasteiger partial charge in [0.2, 0.25) is 0 Å². The summed E-state index contributed by atoms with van der Waals surface area (Å²) in [7, 11) is 0. The minimum Gasteiger partial charge on any atom is -0.494 e. The molecule has 6 nitrogen and oxygen atoms in total. The summed E-state index contributed by atoms with van der Waals surface area (Å²) < 4.78 is 5.55. The molecule has 0 heterocycles. The maximum atomic E-state index is 12.1. The number of rotatable bonds is 9. The highest BCUT2D eigenvalue weighted by molar-refractivity contribution is 6.30. The maximum absolute atomic E-state index is 12.1. The monoisotopic (exact) mass is 387 g/mol. The third-order valence-corrected chi connectivity index (χ3v) is 3.82. The second-order valence-electron chi connectivity index (χ2n) is 5.75. The van der Waals surface area contributed by atoms with Crippen molar-refractivity contribution in [2.45, 2.75) is 19.8 Å². The molecule has 0 spiro atoms. The molecule has 0 aliphatic carbocycles. The summed E-state index contributed by atoms with van der Waals surface area (Å²) >= 11 is 5.79. The fourth-order valence-corrected chi connectivity index (χ4v) is 2.19. The van der Waals surface area contributed by atoms with E-state index in [1.807, 2.05) is 0 Å². The fraction of sp³-hybridized carbons (Fsp3) is 0.250. The number of benzene rings is 2. The average molecular weight is 388 g/mol. The van der Waals surface area contributed by atoms with Crippen molar-refractivity contribution in [3.05, 3.63) is 64.7 Å². The summed E-state index contributed by atoms with van der Waals surface area (Å²) in [6.45, 7) is 2.57. The summed E-state index contributed by atoms with van der Waals surface area (Å²) in [4.78, 5) is 23.8. The molecule has 27 heavy (non-hydrogen) atoms. The zero-order valence-corrected chi connectivity index (χ0v) is 15.8. The zero-order chi connectivity index (χ0) is 19.5. The van der Waals surface area contributed by atoms with Crippen molar-refractivity contribution in [2.24, 2.45) is 5.10 Å². The molecule has 7 heteroatoms. The van der Waals surface area contributed by atoms with Gasteiger partial charge in [-0.15, -0.1) is 0 Å². The van der Waals surface area contributed by atoms with E-state index in [1.165, 1.54) is 6.21 Å². The standard InChI is InChI=1S/C20H22ClN3O3/c1-2-3-12-27-18-10-6-16(7-11-18)20(26)22-14-19(25)24-23-13-15-4-8-17(21)9-5-15/h4-11,13H,2-3,12,14H2,1H3,(H,22,26)(H,24,25). The molecule has 2 aromatic carbocycles. The number of nitrogens with one attached hydrogen (secondary N) is 2. The highest BCUT2D eigenvalue weighted by atomic mass is 35.5. The van der Waals surface area contributed by atoms with E-state index in [0.29, 0.717) is 22.9 Å². The first-order valence-electron chi connectivity index (χ1n) is 8.67. The highest BCUT2D eigenvalue weighted by Crippen LogP contribution is 2.12. The average Bonchev–Trinajstić information content (AvgIpc) is 2.68. The van der Waals surface area contributed by atoms with Crippen LogP contribution in [0, 0.1) is 0 Å². The molecule has 0 saturated heterocycles. The third kappa shape index (κ3) is 7.50. The predicted molar refractivity (Wildman–Crippen MR) is 106 cm³/mol. The Labute approximate surface area is 163 Å². The molecule has 2 N–H and O–H groups in total. The molecule has 0 atom stereocenters. The lowest BCUT2D eigenvalue weighted by atomic mass is 10.2. The summed E-state index contributed by atoms with van der Waals surface area (Å²) in [6.07, 6.45) is 3.54. The molecule has 0 aliphatic heterocycles. The van der Waals surface area contributed by atoms with E-state index in [4.69, 9.17) is 16.3 Å². The molecular weight excluding hydrogens is 366 g/mol. The molecule has 0 radical (unpaired) electrons. The molecule has 0 fully saturated rings. The van der Waals surface area contributed by atoms with Gasteiger partial charge in [0, 0.05) is 10.6 Å². The molecule has 0 aliphatic rings. The molecular formula is C20H22ClN3O3. The SMILES string of the molecule is CCCCOc1ccc(C(=O)NCC(=O)NN=Cc2ccc(Cl)cc2)cc1. The van der Waals surface area contributed by atoms with Crippen molar-refractivity contribution in [1.29, 1.82) is 0 Å². The molecule has 0 unspecified atom stereocenters. The van der Waals surface area contributed by atoms with Crippen LogP contribution in [0.15, 0.2) is 53.6 Å². The van der Waals surface area contributed by atoms with Gasteiger partial charge in [0.1, 0.15) is 5.75 Å². The van der Waals surface area contributed by atoms with E-state index < -0.39 is 5.91 Å². The molecule has 0 saturated carbocycles. The van der Waals surface area contributed by atoms with Gasteiger partial charge in [0.25, 0.3) is 11.8 Å². The van der Waals surface area contributed by atoms with Crippen LogP contribution in [-0.4, -0.2) is 31.2 Å². The van der Waals surface area contributed by atoms with Gasteiger partial charge in [0.15, 0.2) is 0 Å². The molecule has 0 bridgehead atoms. The smallest absolute Gasteiger partial charge is 0.259 e. The highest BCUT2D eigenvalue weighted by Gasteiger charge is 2.07. The molecule has 0 aromatic heterocycles. The molecule has 142 valence electrons. The Kier molecular flexibility index (Phi) is 8.32. The van der Waals surface area contributed by atoms with Gasteiger partial charge in [-0.2, -0.15) is 5.10 Å². The van der Waals surface area contributed by atoms with E-state index in [-0.39, 0.29) is 12.5 Å². The Hall–Kier alpha value is -2.86. The second-order valence-corrected chi connectivity index (χ2v) is 6.19. The summed E-state index contributed by atoms with van der Waals surface area (Å²) in [6, 6.07) is 13.8. The first kappa shape index (κ1) is 20.5. The fourth-order valence-electron chi connectivity index (χ4n) is 2.07. The quantitative estimate of drug-likeness (QED) is 0.393. The Morgan fingerprint density at radius 3 is 2.48 bits per heavy atom. The summed E-state index contributed by atoms with van der Waals surface area (Å²) in [5.74, 6) is -0.0469. The molecule has 2 rings (SSSR count). The van der Waals surface area contributed by atoms with Crippen LogP contribution in [0.3, 0.4) is 0 Å². The number of hydrogen-bond acceptors (Lipinski definition) is 4. The zero-order valence-electron chi connectivity index (χ0n) is 15.1. The van der Waals surface area contributed by atoms with Crippen molar-refractivity contribution in [1.82, 2.24) is 10.7 Å². The Morgan fingerprint density at radius 1 is 1.11 bits per heavy atom. The predicted octanol–water partition coefficient (Wildman–Crippen LogP) is 3.40. The van der Waals surface area contributed by atoms with Crippen molar-refractivity contribution in [2.75, 3.05) is 13.2 Å². The normalized spacial score (nSPS) is 10.6. The van der Waals surface area contributed by atoms with Crippen molar-refractivity contribution >= 4 is 29.6 Å². The van der Waals surface area contributed by atoms with E-state index in [1.54, 1.807) is 48.5 Å². The van der Waals surface area contributed by atoms with Gasteiger partial charge in [-0.25, -0.2) is 5.43 Å². The lowest BCUT2D eigenvalue weighted by molar-refractivity contribution is -0.120. The van der Waals surface area contributed by atoms with Gasteiger partial charge in [-0.1, -0.05) is 37.1 Å². The second kappa shape index (κ2) is 11.0. The van der Waals surface area contributed by atoms with Crippen molar-refractivity contribution in [3.63, 3.8) is 0 Å². The first-order chi connectivity index (χ1) is 13.1. The Bertz CT molecular complexity index is 774. The van der Waals surface area contributed by atoms with Gasteiger partial charge < -0.3 is 10.1 Å². The van der Waals surface area contributed by atoms with Crippen molar-refractivity contribution < 1.29 is 14.3 Å². The minimum atomic E-state index is -0.423. The van der Waals surface area contributed by atoms with Gasteiger partial charge in [-0.05, 0) is 48.4 Å². The summed E-state index contributed by atoms with van der Waals surface area (Å²) in [5.41, 5.74) is 3.60. The number of hydrogen-bond donors (Lipinski definition) is 2. The van der Waals surface area contributed by atoms with Gasteiger partial charge >= 0.3 is 0 Å². The first-order valence-corrected chi connectivity index (χ1v) is 9.05. The number of amides is 2. The van der Waals surface area contributed by atoms with Crippen LogP contribution in [0.4, 0.5) is 0 Å². The largest absolute Gasteiger partial charge is 0.494 e. The number of nitrogens with zero attached hydrogens (tertiary/aromatic N) is 1. The minimum absolute atomic E-state index is 0.175. The van der Waals surface area contributed by atoms with Crippen LogP contribution in [0.2, 0.25) is 5.02 Å². The lowest BCUT2D eigenvalue weighted by Crippen LogP contribution is -2.34. The number of ether oxygens (including phenoxy) is 1. The van der Waals surface area contributed by atoms with Crippen molar-refractivity contribution in [3.8, 4) is 5.75 Å². The van der Waals surface area contributed by atoms with Crippen LogP contribution in [0.1, 0.15) is 35.7 Å². The van der Waals surface area contributed by atoms with E-state index in [2.05, 4.69) is 22.8 Å². The maximum Gasteiger partial charge on any atom is 0.259 e. The summed E-state index contributed by atoms with van der Waals surface area (Å²) in [5, 5.41) is 7.00. The number of hydrazone groups is 1. The van der Waals surface area contributed by atoms with Gasteiger partial charge in [0.05, 0.1) is 19.4 Å². The Morgan fingerprint density at radius 2 is 1.81 bits per heavy atom. The number of carbonyl (C=O) groups is 2. The van der Waals surface area contributed by atoms with Crippen LogP contribution in [0.5, 0.6) is 5.75 Å². The van der Waals surface area contributed by atoms with Crippen LogP contribution in [0.25, 0.3) is 0 Å². The molecule has 2 amide bonds. The van der Waals surface area contributed by atoms with Gasteiger partial charge in [-0.3, -0.25) is 9.59 Å².